The van der Waals surface area contributed by atoms with E-state index in [0.717, 1.165) is 43.1 Å². The number of aromatic nitrogens is 2. The summed E-state index contributed by atoms with van der Waals surface area (Å²) in [7, 11) is 2.15. The monoisotopic (exact) mass is 366 g/mol. The summed E-state index contributed by atoms with van der Waals surface area (Å²) in [5.74, 6) is 1.48. The fourth-order valence-electron chi connectivity index (χ4n) is 3.16. The summed E-state index contributed by atoms with van der Waals surface area (Å²) in [6.45, 7) is 3.94. The number of hydrogen-bond acceptors (Lipinski definition) is 6. The molecule has 26 heavy (non-hydrogen) atoms. The van der Waals surface area contributed by atoms with Gasteiger partial charge in [-0.05, 0) is 18.2 Å². The van der Waals surface area contributed by atoms with Gasteiger partial charge in [0.1, 0.15) is 0 Å². The lowest BCUT2D eigenvalue weighted by molar-refractivity contribution is 0.238. The molecule has 5 nitrogen and oxygen atoms in total. The van der Waals surface area contributed by atoms with Gasteiger partial charge in [0.15, 0.2) is 6.10 Å². The minimum Gasteiger partial charge on any atom is -0.461 e. The van der Waals surface area contributed by atoms with Crippen LogP contribution in [0.1, 0.15) is 17.2 Å². The molecule has 0 amide bonds. The zero-order valence-electron chi connectivity index (χ0n) is 14.8. The maximum atomic E-state index is 6.42. The van der Waals surface area contributed by atoms with Crippen LogP contribution in [0, 0.1) is 0 Å². The molecule has 0 saturated carbocycles. The summed E-state index contributed by atoms with van der Waals surface area (Å²) in [5.41, 5.74) is 2.21. The van der Waals surface area contributed by atoms with E-state index >= 15 is 0 Å². The van der Waals surface area contributed by atoms with Gasteiger partial charge in [-0.3, -0.25) is 0 Å². The van der Waals surface area contributed by atoms with Crippen molar-refractivity contribution in [3.8, 4) is 5.88 Å². The van der Waals surface area contributed by atoms with Gasteiger partial charge in [-0.1, -0.05) is 60.7 Å². The molecule has 0 bridgehead atoms. The van der Waals surface area contributed by atoms with Crippen molar-refractivity contribution in [1.29, 1.82) is 0 Å². The van der Waals surface area contributed by atoms with Gasteiger partial charge in [0.2, 0.25) is 5.82 Å². The Labute approximate surface area is 158 Å². The Kier molecular flexibility index (Phi) is 5.13. The van der Waals surface area contributed by atoms with Crippen molar-refractivity contribution in [3.05, 3.63) is 71.8 Å². The highest BCUT2D eigenvalue weighted by Gasteiger charge is 2.25. The van der Waals surface area contributed by atoms with E-state index in [1.807, 2.05) is 36.4 Å². The fourth-order valence-corrected chi connectivity index (χ4v) is 3.67. The van der Waals surface area contributed by atoms with Crippen LogP contribution in [0.4, 0.5) is 5.82 Å². The molecule has 1 saturated heterocycles. The molecular weight excluding hydrogens is 344 g/mol. The van der Waals surface area contributed by atoms with E-state index in [1.54, 1.807) is 0 Å². The molecule has 6 heteroatoms. The molecule has 1 aliphatic heterocycles. The van der Waals surface area contributed by atoms with Gasteiger partial charge in [0, 0.05) is 26.2 Å². The number of piperazine rings is 1. The summed E-state index contributed by atoms with van der Waals surface area (Å²) in [5, 5.41) is 0. The van der Waals surface area contributed by atoms with Crippen molar-refractivity contribution in [2.75, 3.05) is 38.1 Å². The average Bonchev–Trinajstić information content (AvgIpc) is 3.16. The predicted octanol–water partition coefficient (Wildman–Crippen LogP) is 3.46. The quantitative estimate of drug-likeness (QED) is 0.692. The Balaban J connectivity index is 1.62. The van der Waals surface area contributed by atoms with Crippen LogP contribution in [0.25, 0.3) is 0 Å². The lowest BCUT2D eigenvalue weighted by atomic mass is 10.0. The summed E-state index contributed by atoms with van der Waals surface area (Å²) >= 11 is 1.21. The summed E-state index contributed by atoms with van der Waals surface area (Å²) in [6, 6.07) is 20.5. The van der Waals surface area contributed by atoms with E-state index in [-0.39, 0.29) is 6.10 Å². The van der Waals surface area contributed by atoms with Crippen molar-refractivity contribution in [1.82, 2.24) is 13.6 Å². The van der Waals surface area contributed by atoms with Crippen LogP contribution in [-0.2, 0) is 0 Å². The highest BCUT2D eigenvalue weighted by atomic mass is 32.1. The average molecular weight is 366 g/mol. The summed E-state index contributed by atoms with van der Waals surface area (Å²) < 4.78 is 15.4. The third kappa shape index (κ3) is 3.71. The third-order valence-electron chi connectivity index (χ3n) is 4.68. The van der Waals surface area contributed by atoms with Gasteiger partial charge < -0.3 is 14.5 Å². The second kappa shape index (κ2) is 7.85. The van der Waals surface area contributed by atoms with Crippen molar-refractivity contribution in [2.24, 2.45) is 0 Å². The maximum absolute atomic E-state index is 6.42. The molecule has 1 fully saturated rings. The first kappa shape index (κ1) is 17.0. The highest BCUT2D eigenvalue weighted by molar-refractivity contribution is 6.99. The second-order valence-corrected chi connectivity index (χ2v) is 7.03. The van der Waals surface area contributed by atoms with Crippen LogP contribution in [0.5, 0.6) is 5.88 Å². The smallest absolute Gasteiger partial charge is 0.271 e. The van der Waals surface area contributed by atoms with Crippen LogP contribution in [0.2, 0.25) is 0 Å². The molecule has 0 aliphatic carbocycles. The molecule has 2 heterocycles. The normalized spacial score (nSPS) is 15.4. The Morgan fingerprint density at radius 1 is 0.846 bits per heavy atom. The van der Waals surface area contributed by atoms with E-state index in [4.69, 9.17) is 4.74 Å². The molecule has 1 aromatic heterocycles. The molecule has 0 radical (unpaired) electrons. The second-order valence-electron chi connectivity index (χ2n) is 6.50. The molecule has 0 atom stereocenters. The van der Waals surface area contributed by atoms with Crippen LogP contribution < -0.4 is 9.64 Å². The van der Waals surface area contributed by atoms with Crippen molar-refractivity contribution < 1.29 is 4.74 Å². The molecule has 1 aliphatic rings. The van der Waals surface area contributed by atoms with Crippen LogP contribution >= 0.6 is 11.7 Å². The minimum atomic E-state index is -0.201. The first-order chi connectivity index (χ1) is 12.8. The van der Waals surface area contributed by atoms with Crippen LogP contribution in [0.3, 0.4) is 0 Å². The van der Waals surface area contributed by atoms with E-state index in [0.29, 0.717) is 5.88 Å². The van der Waals surface area contributed by atoms with Crippen molar-refractivity contribution in [3.63, 3.8) is 0 Å². The molecular formula is C20H22N4OS. The van der Waals surface area contributed by atoms with Gasteiger partial charge >= 0.3 is 0 Å². The predicted molar refractivity (Wildman–Crippen MR) is 105 cm³/mol. The highest BCUT2D eigenvalue weighted by Crippen LogP contribution is 2.33. The number of nitrogens with zero attached hydrogens (tertiary/aromatic N) is 4. The molecule has 134 valence electrons. The van der Waals surface area contributed by atoms with Gasteiger partial charge in [-0.25, -0.2) is 0 Å². The zero-order valence-corrected chi connectivity index (χ0v) is 15.6. The zero-order chi connectivity index (χ0) is 17.8. The van der Waals surface area contributed by atoms with Crippen molar-refractivity contribution in [2.45, 2.75) is 6.10 Å². The molecule has 0 N–H and O–H groups in total. The Hall–Kier alpha value is -2.44. The van der Waals surface area contributed by atoms with Gasteiger partial charge in [0.25, 0.3) is 5.88 Å². The number of ether oxygens (including phenoxy) is 1. The molecule has 0 spiro atoms. The Morgan fingerprint density at radius 2 is 1.42 bits per heavy atom. The Morgan fingerprint density at radius 3 is 2.00 bits per heavy atom. The van der Waals surface area contributed by atoms with Crippen LogP contribution in [-0.4, -0.2) is 46.9 Å². The number of hydrogen-bond donors (Lipinski definition) is 0. The molecule has 4 rings (SSSR count). The third-order valence-corrected chi connectivity index (χ3v) is 5.18. The number of rotatable bonds is 5. The SMILES string of the molecule is CN1CCN(c2nsnc2OC(c2ccccc2)c2ccccc2)CC1. The van der Waals surface area contributed by atoms with E-state index in [9.17, 15) is 0 Å². The lowest BCUT2D eigenvalue weighted by Gasteiger charge is -2.32. The molecule has 0 unspecified atom stereocenters. The lowest BCUT2D eigenvalue weighted by Crippen LogP contribution is -2.44. The summed E-state index contributed by atoms with van der Waals surface area (Å²) in [6.07, 6.45) is -0.201. The minimum absolute atomic E-state index is 0.201. The number of likely N-dealkylation sites (N-methyl/N-ethyl adjacent to an activating group) is 1. The molecule has 2 aromatic carbocycles. The molecule has 3 aromatic rings. The van der Waals surface area contributed by atoms with Crippen LogP contribution in [0.15, 0.2) is 60.7 Å². The topological polar surface area (TPSA) is 41.5 Å². The number of anilines is 1. The maximum Gasteiger partial charge on any atom is 0.271 e. The largest absolute Gasteiger partial charge is 0.461 e. The first-order valence-electron chi connectivity index (χ1n) is 8.84. The number of benzene rings is 2. The van der Waals surface area contributed by atoms with Gasteiger partial charge in [-0.15, -0.1) is 4.37 Å². The van der Waals surface area contributed by atoms with E-state index < -0.39 is 0 Å². The van der Waals surface area contributed by atoms with Gasteiger partial charge in [0.05, 0.1) is 11.7 Å². The van der Waals surface area contributed by atoms with Gasteiger partial charge in [-0.2, -0.15) is 4.37 Å². The van der Waals surface area contributed by atoms with Crippen molar-refractivity contribution >= 4 is 17.5 Å². The standard InChI is InChI=1S/C20H22N4OS/c1-23-12-14-24(15-13-23)19-20(22-26-21-19)25-18(16-8-4-2-5-9-16)17-10-6-3-7-11-17/h2-11,18H,12-15H2,1H3. The summed E-state index contributed by atoms with van der Waals surface area (Å²) in [4.78, 5) is 4.60. The fraction of sp³-hybridized carbons (Fsp3) is 0.300. The first-order valence-corrected chi connectivity index (χ1v) is 9.57. The Bertz CT molecular complexity index is 777. The van der Waals surface area contributed by atoms with E-state index in [1.165, 1.54) is 11.7 Å². The van der Waals surface area contributed by atoms with E-state index in [2.05, 4.69) is 49.9 Å².